The van der Waals surface area contributed by atoms with Crippen molar-refractivity contribution >= 4 is 23.6 Å². The Hall–Kier alpha value is -3.77. The van der Waals surface area contributed by atoms with E-state index in [9.17, 15) is 27.9 Å². The maximum atomic E-state index is 12.9. The molecule has 220 valence electrons. The average Bonchev–Trinajstić information content (AvgIpc) is 3.45. The van der Waals surface area contributed by atoms with Gasteiger partial charge in [-0.05, 0) is 50.5 Å². The number of aryl methyl sites for hydroxylation is 1. The van der Waals surface area contributed by atoms with Gasteiger partial charge < -0.3 is 29.8 Å². The maximum Gasteiger partial charge on any atom is 0.425 e. The van der Waals surface area contributed by atoms with E-state index in [1.807, 2.05) is 42.1 Å². The van der Waals surface area contributed by atoms with Gasteiger partial charge in [0.1, 0.15) is 23.7 Å². The van der Waals surface area contributed by atoms with E-state index in [1.54, 1.807) is 6.92 Å². The molecule has 0 radical (unpaired) electrons. The van der Waals surface area contributed by atoms with Crippen molar-refractivity contribution in [2.24, 2.45) is 7.05 Å². The molecule has 4 rings (SSSR count). The number of imidazole rings is 1. The SMILES string of the molecule is C[C@@H]1OC(=O)N[C@@H]1c1nc(-c2ccc(C[C@@H](CCO)NC(=O)c3ccc(O[C@H](C)C(F)(F)F)c(Cl)c3)cc2)cn1C. The average molecular weight is 595 g/mol. The Balaban J connectivity index is 1.41. The van der Waals surface area contributed by atoms with Gasteiger partial charge in [0.25, 0.3) is 5.91 Å². The second-order valence-electron chi connectivity index (χ2n) is 9.86. The molecule has 2 amide bonds. The Morgan fingerprint density at radius 1 is 1.27 bits per heavy atom. The van der Waals surface area contributed by atoms with E-state index in [0.717, 1.165) is 23.7 Å². The molecular weight excluding hydrogens is 565 g/mol. The Kier molecular flexibility index (Phi) is 9.13. The third kappa shape index (κ3) is 7.31. The van der Waals surface area contributed by atoms with Gasteiger partial charge in [0.15, 0.2) is 6.10 Å². The van der Waals surface area contributed by atoms with Crippen LogP contribution in [0.1, 0.15) is 48.1 Å². The summed E-state index contributed by atoms with van der Waals surface area (Å²) in [6.45, 7) is 2.50. The lowest BCUT2D eigenvalue weighted by atomic mass is 10.0. The van der Waals surface area contributed by atoms with Gasteiger partial charge in [0, 0.05) is 37.0 Å². The summed E-state index contributed by atoms with van der Waals surface area (Å²) in [7, 11) is 1.84. The van der Waals surface area contributed by atoms with Crippen molar-refractivity contribution < 1.29 is 37.3 Å². The number of aliphatic hydroxyl groups is 1. The summed E-state index contributed by atoms with van der Waals surface area (Å²) in [6, 6.07) is 10.6. The first-order valence-corrected chi connectivity index (χ1v) is 13.3. The predicted octanol–water partition coefficient (Wildman–Crippen LogP) is 4.96. The van der Waals surface area contributed by atoms with Crippen LogP contribution in [0.4, 0.5) is 18.0 Å². The van der Waals surface area contributed by atoms with Gasteiger partial charge in [-0.25, -0.2) is 9.78 Å². The fraction of sp³-hybridized carbons (Fsp3) is 0.393. The molecule has 1 aliphatic rings. The standard InChI is InChI=1S/C28H30ClF3N4O5/c1-15-24(35-27(39)40-15)25-34-22(14-36(25)3)18-6-4-17(5-7-18)12-20(10-11-37)33-26(38)19-8-9-23(21(29)13-19)41-16(2)28(30,31)32/h4-9,13-16,20,24,37H,10-12H2,1-3H3,(H,33,38)(H,35,39)/t15-,16+,20+,24-/m0/s1. The molecule has 1 fully saturated rings. The van der Waals surface area contributed by atoms with Crippen LogP contribution in [0.25, 0.3) is 11.3 Å². The van der Waals surface area contributed by atoms with E-state index in [4.69, 9.17) is 21.1 Å². The van der Waals surface area contributed by atoms with E-state index >= 15 is 0 Å². The van der Waals surface area contributed by atoms with E-state index in [1.165, 1.54) is 18.2 Å². The molecule has 1 aromatic heterocycles. The minimum Gasteiger partial charge on any atom is -0.480 e. The van der Waals surface area contributed by atoms with Crippen molar-refractivity contribution in [3.05, 3.63) is 70.6 Å². The molecule has 1 aliphatic heterocycles. The van der Waals surface area contributed by atoms with Crippen molar-refractivity contribution in [3.63, 3.8) is 0 Å². The minimum absolute atomic E-state index is 0.127. The number of alkyl carbamates (subject to hydrolysis) is 1. The summed E-state index contributed by atoms with van der Waals surface area (Å²) in [4.78, 5) is 29.1. The van der Waals surface area contributed by atoms with Crippen LogP contribution in [0.3, 0.4) is 0 Å². The zero-order chi connectivity index (χ0) is 29.9. The third-order valence-corrected chi connectivity index (χ3v) is 7.02. The quantitative estimate of drug-likeness (QED) is 0.306. The largest absolute Gasteiger partial charge is 0.480 e. The van der Waals surface area contributed by atoms with Crippen molar-refractivity contribution in [2.75, 3.05) is 6.61 Å². The van der Waals surface area contributed by atoms with Crippen molar-refractivity contribution in [3.8, 4) is 17.0 Å². The van der Waals surface area contributed by atoms with Crippen LogP contribution in [0.15, 0.2) is 48.7 Å². The maximum absolute atomic E-state index is 12.9. The molecule has 9 nitrogen and oxygen atoms in total. The Bertz CT molecular complexity index is 1400. The number of hydrogen-bond acceptors (Lipinski definition) is 6. The zero-order valence-corrected chi connectivity index (χ0v) is 23.3. The second-order valence-corrected chi connectivity index (χ2v) is 10.3. The second kappa shape index (κ2) is 12.4. The zero-order valence-electron chi connectivity index (χ0n) is 22.5. The molecular formula is C28H30ClF3N4O5. The summed E-state index contributed by atoms with van der Waals surface area (Å²) >= 11 is 6.08. The topological polar surface area (TPSA) is 115 Å². The summed E-state index contributed by atoms with van der Waals surface area (Å²) < 4.78 is 50.3. The molecule has 0 unspecified atom stereocenters. The first-order chi connectivity index (χ1) is 19.3. The number of halogens is 4. The number of carbonyl (C=O) groups excluding carboxylic acids is 2. The number of nitrogens with one attached hydrogen (secondary N) is 2. The molecule has 3 aromatic rings. The molecule has 0 aliphatic carbocycles. The molecule has 2 aromatic carbocycles. The summed E-state index contributed by atoms with van der Waals surface area (Å²) in [5.74, 6) is -0.00534. The highest BCUT2D eigenvalue weighted by atomic mass is 35.5. The Morgan fingerprint density at radius 3 is 2.56 bits per heavy atom. The lowest BCUT2D eigenvalue weighted by Gasteiger charge is -2.20. The number of amides is 2. The third-order valence-electron chi connectivity index (χ3n) is 6.73. The molecule has 0 bridgehead atoms. The van der Waals surface area contributed by atoms with Crippen LogP contribution in [0, 0.1) is 0 Å². The number of carbonyl (C=O) groups is 2. The van der Waals surface area contributed by atoms with Crippen LogP contribution >= 0.6 is 11.6 Å². The van der Waals surface area contributed by atoms with Crippen LogP contribution in [-0.4, -0.2) is 57.7 Å². The fourth-order valence-corrected chi connectivity index (χ4v) is 4.66. The van der Waals surface area contributed by atoms with Crippen molar-refractivity contribution in [1.82, 2.24) is 20.2 Å². The lowest BCUT2D eigenvalue weighted by Crippen LogP contribution is -2.37. The van der Waals surface area contributed by atoms with Gasteiger partial charge in [-0.15, -0.1) is 0 Å². The summed E-state index contributed by atoms with van der Waals surface area (Å²) in [6.07, 6.45) is -4.89. The summed E-state index contributed by atoms with van der Waals surface area (Å²) in [5, 5.41) is 15.0. The number of alkyl halides is 3. The van der Waals surface area contributed by atoms with Crippen LogP contribution in [0.2, 0.25) is 5.02 Å². The van der Waals surface area contributed by atoms with E-state index in [2.05, 4.69) is 15.6 Å². The minimum atomic E-state index is -4.56. The van der Waals surface area contributed by atoms with Gasteiger partial charge in [0.05, 0.1) is 10.7 Å². The number of ether oxygens (including phenoxy) is 2. The first-order valence-electron chi connectivity index (χ1n) is 12.9. The number of aliphatic hydroxyl groups excluding tert-OH is 1. The monoisotopic (exact) mass is 594 g/mol. The first kappa shape index (κ1) is 30.2. The molecule has 4 atom stereocenters. The van der Waals surface area contributed by atoms with Crippen LogP contribution in [0.5, 0.6) is 5.75 Å². The highest BCUT2D eigenvalue weighted by molar-refractivity contribution is 6.32. The molecule has 3 N–H and O–H groups in total. The van der Waals surface area contributed by atoms with Crippen molar-refractivity contribution in [1.29, 1.82) is 0 Å². The molecule has 1 saturated heterocycles. The highest BCUT2D eigenvalue weighted by Crippen LogP contribution is 2.31. The Labute approximate surface area is 239 Å². The number of hydrogen-bond donors (Lipinski definition) is 3. The van der Waals surface area contributed by atoms with E-state index in [-0.39, 0.29) is 41.5 Å². The Morgan fingerprint density at radius 2 is 1.98 bits per heavy atom. The molecule has 0 saturated carbocycles. The molecule has 0 spiro atoms. The molecule has 2 heterocycles. The highest BCUT2D eigenvalue weighted by Gasteiger charge is 2.38. The fourth-order valence-electron chi connectivity index (χ4n) is 4.44. The van der Waals surface area contributed by atoms with Gasteiger partial charge in [-0.1, -0.05) is 35.9 Å². The number of nitrogens with zero attached hydrogens (tertiary/aromatic N) is 2. The number of aromatic nitrogens is 2. The normalized spacial score (nSPS) is 18.4. The van der Waals surface area contributed by atoms with Gasteiger partial charge in [0.2, 0.25) is 0 Å². The number of rotatable bonds is 10. The van der Waals surface area contributed by atoms with Gasteiger partial charge >= 0.3 is 12.3 Å². The smallest absolute Gasteiger partial charge is 0.425 e. The van der Waals surface area contributed by atoms with Crippen molar-refractivity contribution in [2.45, 2.75) is 57.2 Å². The van der Waals surface area contributed by atoms with Gasteiger partial charge in [-0.3, -0.25) is 4.79 Å². The summed E-state index contributed by atoms with van der Waals surface area (Å²) in [5.41, 5.74) is 2.62. The number of benzene rings is 2. The molecule has 41 heavy (non-hydrogen) atoms. The predicted molar refractivity (Wildman–Crippen MR) is 145 cm³/mol. The van der Waals surface area contributed by atoms with E-state index in [0.29, 0.717) is 12.2 Å². The van der Waals surface area contributed by atoms with Gasteiger partial charge in [-0.2, -0.15) is 13.2 Å². The van der Waals surface area contributed by atoms with Crippen LogP contribution < -0.4 is 15.4 Å². The lowest BCUT2D eigenvalue weighted by molar-refractivity contribution is -0.189. The molecule has 13 heteroatoms. The van der Waals surface area contributed by atoms with Crippen LogP contribution in [-0.2, 0) is 18.2 Å². The number of cyclic esters (lactones) is 1. The van der Waals surface area contributed by atoms with E-state index < -0.39 is 30.3 Å².